The molecule has 106 valence electrons. The minimum atomic E-state index is -0.115. The Balaban J connectivity index is 1.81. The van der Waals surface area contributed by atoms with Crippen molar-refractivity contribution in [3.05, 3.63) is 22.6 Å². The molecule has 19 heavy (non-hydrogen) atoms. The third-order valence-electron chi connectivity index (χ3n) is 3.24. The first-order chi connectivity index (χ1) is 9.06. The van der Waals surface area contributed by atoms with Gasteiger partial charge in [0.05, 0.1) is 18.7 Å². The van der Waals surface area contributed by atoms with Gasteiger partial charge in [0.25, 0.3) is 0 Å². The van der Waals surface area contributed by atoms with E-state index in [0.29, 0.717) is 11.2 Å². The molecule has 0 radical (unpaired) electrons. The SMILES string of the molecule is C[C@H](NC(=O)N(C)Cc1ccc(Br)o1)[C@H]1CCCO1. The molecule has 0 spiro atoms. The zero-order valence-corrected chi connectivity index (χ0v) is 12.8. The van der Waals surface area contributed by atoms with Crippen molar-refractivity contribution in [2.75, 3.05) is 13.7 Å². The average molecular weight is 331 g/mol. The van der Waals surface area contributed by atoms with Crippen LogP contribution < -0.4 is 5.32 Å². The van der Waals surface area contributed by atoms with Gasteiger partial charge in [0, 0.05) is 13.7 Å². The number of hydrogen-bond donors (Lipinski definition) is 1. The van der Waals surface area contributed by atoms with Crippen LogP contribution in [0.2, 0.25) is 0 Å². The molecule has 2 atom stereocenters. The molecule has 0 aliphatic carbocycles. The lowest BCUT2D eigenvalue weighted by molar-refractivity contribution is 0.0836. The molecule has 0 saturated carbocycles. The summed E-state index contributed by atoms with van der Waals surface area (Å²) in [5, 5.41) is 2.96. The van der Waals surface area contributed by atoms with E-state index in [2.05, 4.69) is 21.2 Å². The van der Waals surface area contributed by atoms with Crippen molar-refractivity contribution in [1.29, 1.82) is 0 Å². The maximum absolute atomic E-state index is 12.0. The van der Waals surface area contributed by atoms with E-state index in [1.54, 1.807) is 11.9 Å². The standard InChI is InChI=1S/C13H19BrN2O3/c1-9(11-4-3-7-18-11)15-13(17)16(2)8-10-5-6-12(14)19-10/h5-6,9,11H,3-4,7-8H2,1-2H3,(H,15,17)/t9-,11+/m0/s1. The number of ether oxygens (including phenoxy) is 1. The van der Waals surface area contributed by atoms with Crippen LogP contribution in [0.5, 0.6) is 0 Å². The molecule has 6 heteroatoms. The second kappa shape index (κ2) is 6.43. The van der Waals surface area contributed by atoms with Gasteiger partial charge in [0.1, 0.15) is 5.76 Å². The Hall–Kier alpha value is -1.01. The molecule has 5 nitrogen and oxygen atoms in total. The van der Waals surface area contributed by atoms with Crippen molar-refractivity contribution in [2.24, 2.45) is 0 Å². The Morgan fingerprint density at radius 1 is 1.63 bits per heavy atom. The largest absolute Gasteiger partial charge is 0.452 e. The van der Waals surface area contributed by atoms with Gasteiger partial charge in [-0.05, 0) is 47.8 Å². The fraction of sp³-hybridized carbons (Fsp3) is 0.615. The predicted molar refractivity (Wildman–Crippen MR) is 74.8 cm³/mol. The molecular weight excluding hydrogens is 312 g/mol. The average Bonchev–Trinajstić information content (AvgIpc) is 3.00. The number of nitrogens with zero attached hydrogens (tertiary/aromatic N) is 1. The van der Waals surface area contributed by atoms with Crippen LogP contribution in [-0.4, -0.2) is 36.7 Å². The van der Waals surface area contributed by atoms with Crippen LogP contribution in [0.3, 0.4) is 0 Å². The van der Waals surface area contributed by atoms with E-state index in [4.69, 9.17) is 9.15 Å². The Morgan fingerprint density at radius 2 is 2.42 bits per heavy atom. The summed E-state index contributed by atoms with van der Waals surface area (Å²) >= 11 is 3.24. The first-order valence-corrected chi connectivity index (χ1v) is 7.23. The van der Waals surface area contributed by atoms with E-state index in [1.165, 1.54) is 0 Å². The van der Waals surface area contributed by atoms with Crippen LogP contribution in [0, 0.1) is 0 Å². The summed E-state index contributed by atoms with van der Waals surface area (Å²) in [7, 11) is 1.74. The monoisotopic (exact) mass is 330 g/mol. The summed E-state index contributed by atoms with van der Waals surface area (Å²) in [5.41, 5.74) is 0. The van der Waals surface area contributed by atoms with Crippen LogP contribution in [0.15, 0.2) is 21.2 Å². The van der Waals surface area contributed by atoms with Crippen molar-refractivity contribution in [2.45, 2.75) is 38.5 Å². The number of halogens is 1. The van der Waals surface area contributed by atoms with Crippen molar-refractivity contribution in [1.82, 2.24) is 10.2 Å². The van der Waals surface area contributed by atoms with E-state index in [0.717, 1.165) is 25.2 Å². The highest BCUT2D eigenvalue weighted by molar-refractivity contribution is 9.10. The fourth-order valence-corrected chi connectivity index (χ4v) is 2.48. The van der Waals surface area contributed by atoms with E-state index in [9.17, 15) is 4.79 Å². The highest BCUT2D eigenvalue weighted by Crippen LogP contribution is 2.17. The number of furan rings is 1. The number of carbonyl (C=O) groups excluding carboxylic acids is 1. The van der Waals surface area contributed by atoms with Crippen molar-refractivity contribution in [3.8, 4) is 0 Å². The molecule has 1 aromatic rings. The van der Waals surface area contributed by atoms with Crippen LogP contribution >= 0.6 is 15.9 Å². The predicted octanol–water partition coefficient (Wildman–Crippen LogP) is 2.75. The highest BCUT2D eigenvalue weighted by atomic mass is 79.9. The lowest BCUT2D eigenvalue weighted by Gasteiger charge is -2.23. The van der Waals surface area contributed by atoms with Crippen LogP contribution in [0.25, 0.3) is 0 Å². The fourth-order valence-electron chi connectivity index (χ4n) is 2.14. The van der Waals surface area contributed by atoms with Gasteiger partial charge in [-0.25, -0.2) is 4.79 Å². The molecule has 0 unspecified atom stereocenters. The van der Waals surface area contributed by atoms with Gasteiger partial charge < -0.3 is 19.4 Å². The summed E-state index contributed by atoms with van der Waals surface area (Å²) in [4.78, 5) is 13.6. The van der Waals surface area contributed by atoms with Gasteiger partial charge in [-0.15, -0.1) is 0 Å². The summed E-state index contributed by atoms with van der Waals surface area (Å²) < 4.78 is 11.6. The van der Waals surface area contributed by atoms with Crippen molar-refractivity contribution >= 4 is 22.0 Å². The van der Waals surface area contributed by atoms with Crippen LogP contribution in [0.4, 0.5) is 4.79 Å². The molecule has 0 aromatic carbocycles. The number of nitrogens with one attached hydrogen (secondary N) is 1. The molecule has 1 saturated heterocycles. The third kappa shape index (κ3) is 3.98. The van der Waals surface area contributed by atoms with Gasteiger partial charge in [-0.1, -0.05) is 0 Å². The van der Waals surface area contributed by atoms with Gasteiger partial charge in [0.2, 0.25) is 0 Å². The molecule has 1 aromatic heterocycles. The van der Waals surface area contributed by atoms with Crippen LogP contribution in [-0.2, 0) is 11.3 Å². The van der Waals surface area contributed by atoms with E-state index < -0.39 is 0 Å². The zero-order valence-electron chi connectivity index (χ0n) is 11.2. The second-order valence-electron chi connectivity index (χ2n) is 4.85. The number of urea groups is 1. The number of carbonyl (C=O) groups is 1. The molecular formula is C13H19BrN2O3. The van der Waals surface area contributed by atoms with Gasteiger partial charge in [-0.3, -0.25) is 0 Å². The topological polar surface area (TPSA) is 54.7 Å². The summed E-state index contributed by atoms with van der Waals surface area (Å²) in [6, 6.07) is 3.57. The Labute approximate surface area is 121 Å². The van der Waals surface area contributed by atoms with Crippen LogP contribution in [0.1, 0.15) is 25.5 Å². The molecule has 1 aliphatic rings. The normalized spacial score (nSPS) is 20.3. The summed E-state index contributed by atoms with van der Waals surface area (Å²) in [6.07, 6.45) is 2.22. The van der Waals surface area contributed by atoms with E-state index in [1.807, 2.05) is 19.1 Å². The highest BCUT2D eigenvalue weighted by Gasteiger charge is 2.24. The number of rotatable bonds is 4. The summed E-state index contributed by atoms with van der Waals surface area (Å²) in [6.45, 7) is 3.21. The zero-order chi connectivity index (χ0) is 13.8. The molecule has 2 amide bonds. The lowest BCUT2D eigenvalue weighted by Crippen LogP contribution is -2.46. The number of amides is 2. The minimum absolute atomic E-state index is 0.0285. The first kappa shape index (κ1) is 14.4. The molecule has 2 rings (SSSR count). The number of hydrogen-bond acceptors (Lipinski definition) is 3. The van der Waals surface area contributed by atoms with E-state index >= 15 is 0 Å². The minimum Gasteiger partial charge on any atom is -0.452 e. The summed E-state index contributed by atoms with van der Waals surface area (Å²) in [5.74, 6) is 0.745. The molecule has 1 N–H and O–H groups in total. The smallest absolute Gasteiger partial charge is 0.317 e. The van der Waals surface area contributed by atoms with Gasteiger partial charge in [-0.2, -0.15) is 0 Å². The lowest BCUT2D eigenvalue weighted by atomic mass is 10.1. The Bertz CT molecular complexity index is 429. The van der Waals surface area contributed by atoms with Gasteiger partial charge in [0.15, 0.2) is 4.67 Å². The van der Waals surface area contributed by atoms with E-state index in [-0.39, 0.29) is 18.2 Å². The Morgan fingerprint density at radius 3 is 3.00 bits per heavy atom. The molecule has 2 heterocycles. The van der Waals surface area contributed by atoms with Crippen molar-refractivity contribution in [3.63, 3.8) is 0 Å². The second-order valence-corrected chi connectivity index (χ2v) is 5.63. The van der Waals surface area contributed by atoms with Gasteiger partial charge >= 0.3 is 6.03 Å². The van der Waals surface area contributed by atoms with Crippen molar-refractivity contribution < 1.29 is 13.9 Å². The maximum atomic E-state index is 12.0. The molecule has 0 bridgehead atoms. The molecule has 1 aliphatic heterocycles. The molecule has 1 fully saturated rings. The Kier molecular flexibility index (Phi) is 4.87. The first-order valence-electron chi connectivity index (χ1n) is 6.43. The quantitative estimate of drug-likeness (QED) is 0.923. The maximum Gasteiger partial charge on any atom is 0.317 e. The third-order valence-corrected chi connectivity index (χ3v) is 3.67.